The van der Waals surface area contributed by atoms with Crippen LogP contribution in [0.5, 0.6) is 0 Å². The molecule has 0 fully saturated rings. The number of carbonyl (C=O) groups excluding carboxylic acids is 1. The van der Waals surface area contributed by atoms with E-state index in [0.717, 1.165) is 56.5 Å². The molecule has 4 rings (SSSR count). The molecule has 7 nitrogen and oxygen atoms in total. The number of nitrogens with one attached hydrogen (secondary N) is 1. The Kier molecular flexibility index (Phi) is 6.70. The first kappa shape index (κ1) is 21.2. The number of amides is 1. The highest BCUT2D eigenvalue weighted by Gasteiger charge is 2.19. The van der Waals surface area contributed by atoms with E-state index in [-0.39, 0.29) is 11.5 Å². The number of rotatable bonds is 9. The van der Waals surface area contributed by atoms with Gasteiger partial charge < -0.3 is 14.8 Å². The lowest BCUT2D eigenvalue weighted by Gasteiger charge is -2.23. The highest BCUT2D eigenvalue weighted by molar-refractivity contribution is 5.75. The number of nitrogens with zero attached hydrogens (tertiary/aromatic N) is 4. The van der Waals surface area contributed by atoms with Gasteiger partial charge in [0.2, 0.25) is 5.91 Å². The molecule has 2 heterocycles. The second kappa shape index (κ2) is 9.81. The molecule has 0 aliphatic heterocycles. The summed E-state index contributed by atoms with van der Waals surface area (Å²) in [6.45, 7) is 4.97. The number of fused-ring (bicyclic) bond motifs is 3. The average molecular weight is 422 g/mol. The van der Waals surface area contributed by atoms with Gasteiger partial charge in [0, 0.05) is 56.2 Å². The zero-order chi connectivity index (χ0) is 21.6. The zero-order valence-corrected chi connectivity index (χ0v) is 18.2. The van der Waals surface area contributed by atoms with Gasteiger partial charge in [-0.25, -0.2) is 4.52 Å². The van der Waals surface area contributed by atoms with E-state index in [2.05, 4.69) is 34.4 Å². The van der Waals surface area contributed by atoms with Gasteiger partial charge in [0.1, 0.15) is 5.52 Å². The van der Waals surface area contributed by atoms with Crippen LogP contribution < -0.4 is 15.8 Å². The van der Waals surface area contributed by atoms with Crippen molar-refractivity contribution < 1.29 is 4.79 Å². The third kappa shape index (κ3) is 4.81. The van der Waals surface area contributed by atoms with Crippen molar-refractivity contribution >= 4 is 17.1 Å². The highest BCUT2D eigenvalue weighted by atomic mass is 16.2. The van der Waals surface area contributed by atoms with Gasteiger partial charge in [-0.3, -0.25) is 9.59 Å². The lowest BCUT2D eigenvalue weighted by molar-refractivity contribution is -0.121. The van der Waals surface area contributed by atoms with Crippen LogP contribution in [0.3, 0.4) is 0 Å². The zero-order valence-electron chi connectivity index (χ0n) is 18.2. The van der Waals surface area contributed by atoms with Crippen LogP contribution in [0.4, 0.5) is 5.69 Å². The summed E-state index contributed by atoms with van der Waals surface area (Å²) < 4.78 is 3.35. The van der Waals surface area contributed by atoms with E-state index >= 15 is 0 Å². The molecule has 0 radical (unpaired) electrons. The second-order valence-corrected chi connectivity index (χ2v) is 8.09. The fourth-order valence-electron chi connectivity index (χ4n) is 4.35. The first-order valence-electron chi connectivity index (χ1n) is 11.3. The van der Waals surface area contributed by atoms with E-state index in [1.54, 1.807) is 15.3 Å². The van der Waals surface area contributed by atoms with Gasteiger partial charge in [-0.05, 0) is 51.2 Å². The number of hydrogen-bond acceptors (Lipinski definition) is 4. The van der Waals surface area contributed by atoms with E-state index in [1.165, 1.54) is 5.69 Å². The van der Waals surface area contributed by atoms with Gasteiger partial charge in [0.15, 0.2) is 0 Å². The minimum atomic E-state index is -0.0487. The van der Waals surface area contributed by atoms with Crippen molar-refractivity contribution in [2.24, 2.45) is 0 Å². The Bertz CT molecular complexity index is 1090. The summed E-state index contributed by atoms with van der Waals surface area (Å²) in [4.78, 5) is 27.5. The molecule has 0 unspecified atom stereocenters. The molecule has 1 N–H and O–H groups in total. The molecular weight excluding hydrogens is 390 g/mol. The molecule has 1 aliphatic carbocycles. The number of carbonyl (C=O) groups is 1. The van der Waals surface area contributed by atoms with Crippen LogP contribution in [0.1, 0.15) is 43.9 Å². The first-order chi connectivity index (χ1) is 15.2. The summed E-state index contributed by atoms with van der Waals surface area (Å²) in [5, 5.41) is 7.55. The Morgan fingerprint density at radius 2 is 1.97 bits per heavy atom. The molecule has 0 spiro atoms. The van der Waals surface area contributed by atoms with E-state index in [1.807, 2.05) is 24.4 Å². The largest absolute Gasteiger partial charge is 0.372 e. The van der Waals surface area contributed by atoms with E-state index < -0.39 is 0 Å². The summed E-state index contributed by atoms with van der Waals surface area (Å²) in [6, 6.07) is 10.3. The monoisotopic (exact) mass is 421 g/mol. The first-order valence-corrected chi connectivity index (χ1v) is 11.3. The molecule has 1 aliphatic rings. The quantitative estimate of drug-likeness (QED) is 0.540. The van der Waals surface area contributed by atoms with Crippen LogP contribution in [0, 0.1) is 0 Å². The van der Waals surface area contributed by atoms with Gasteiger partial charge in [-0.2, -0.15) is 5.10 Å². The molecule has 164 valence electrons. The second-order valence-electron chi connectivity index (χ2n) is 8.09. The van der Waals surface area contributed by atoms with Crippen molar-refractivity contribution in [2.45, 2.75) is 52.0 Å². The van der Waals surface area contributed by atoms with Gasteiger partial charge in [0.05, 0.1) is 5.69 Å². The van der Waals surface area contributed by atoms with E-state index in [0.29, 0.717) is 25.0 Å². The van der Waals surface area contributed by atoms with Crippen LogP contribution in [0.2, 0.25) is 0 Å². The molecule has 3 aromatic rings. The van der Waals surface area contributed by atoms with Crippen molar-refractivity contribution in [3.05, 3.63) is 64.3 Å². The van der Waals surface area contributed by atoms with Gasteiger partial charge in [-0.1, -0.05) is 18.2 Å². The van der Waals surface area contributed by atoms with Crippen LogP contribution in [-0.2, 0) is 24.2 Å². The summed E-state index contributed by atoms with van der Waals surface area (Å²) in [6.07, 6.45) is 8.83. The van der Waals surface area contributed by atoms with Gasteiger partial charge >= 0.3 is 0 Å². The van der Waals surface area contributed by atoms with Crippen molar-refractivity contribution in [1.82, 2.24) is 19.5 Å². The standard InChI is InChI=1S/C24H31N5O2/c1-2-27(19-9-4-3-5-10-19)15-8-14-25-22(30)13-16-28-17-18-29-23(24(28)31)20-11-6-7-12-21(20)26-29/h3-5,9-10,17-18H,2,6-8,11-16H2,1H3,(H,25,30). The molecule has 1 aromatic carbocycles. The fraction of sp³-hybridized carbons (Fsp3) is 0.458. The van der Waals surface area contributed by atoms with E-state index in [4.69, 9.17) is 0 Å². The summed E-state index contributed by atoms with van der Waals surface area (Å²) >= 11 is 0. The third-order valence-electron chi connectivity index (χ3n) is 6.04. The van der Waals surface area contributed by atoms with Crippen molar-refractivity contribution in [1.29, 1.82) is 0 Å². The maximum Gasteiger partial charge on any atom is 0.276 e. The number of para-hydroxylation sites is 1. The van der Waals surface area contributed by atoms with Crippen LogP contribution in [-0.4, -0.2) is 39.7 Å². The molecule has 31 heavy (non-hydrogen) atoms. The molecule has 0 bridgehead atoms. The van der Waals surface area contributed by atoms with Crippen LogP contribution in [0.15, 0.2) is 47.5 Å². The van der Waals surface area contributed by atoms with Gasteiger partial charge in [-0.15, -0.1) is 0 Å². The number of hydrogen-bond donors (Lipinski definition) is 1. The summed E-state index contributed by atoms with van der Waals surface area (Å²) in [5.74, 6) is -0.0231. The lowest BCUT2D eigenvalue weighted by atomic mass is 9.97. The maximum absolute atomic E-state index is 12.9. The number of benzene rings is 1. The Labute approximate surface area is 182 Å². The normalized spacial score (nSPS) is 13.2. The fourth-order valence-corrected chi connectivity index (χ4v) is 4.35. The van der Waals surface area contributed by atoms with Crippen LogP contribution >= 0.6 is 0 Å². The SMILES string of the molecule is CCN(CCCNC(=O)CCn1ccn2nc3c(c2c1=O)CCCC3)c1ccccc1. The smallest absolute Gasteiger partial charge is 0.276 e. The van der Waals surface area contributed by atoms with Crippen molar-refractivity contribution in [2.75, 3.05) is 24.5 Å². The average Bonchev–Trinajstić information content (AvgIpc) is 3.18. The summed E-state index contributed by atoms with van der Waals surface area (Å²) in [7, 11) is 0. The maximum atomic E-state index is 12.9. The Balaban J connectivity index is 1.28. The predicted molar refractivity (Wildman–Crippen MR) is 123 cm³/mol. The van der Waals surface area contributed by atoms with Gasteiger partial charge in [0.25, 0.3) is 5.56 Å². The molecule has 2 aromatic heterocycles. The molecular formula is C24H31N5O2. The Morgan fingerprint density at radius 3 is 2.77 bits per heavy atom. The number of aryl methyl sites for hydroxylation is 3. The topological polar surface area (TPSA) is 71.6 Å². The third-order valence-corrected chi connectivity index (χ3v) is 6.04. The predicted octanol–water partition coefficient (Wildman–Crippen LogP) is 2.80. The molecule has 1 amide bonds. The van der Waals surface area contributed by atoms with Crippen LogP contribution in [0.25, 0.3) is 5.52 Å². The van der Waals surface area contributed by atoms with Crippen molar-refractivity contribution in [3.8, 4) is 0 Å². The summed E-state index contributed by atoms with van der Waals surface area (Å²) in [5.41, 5.74) is 3.98. The Hall–Kier alpha value is -3.09. The van der Waals surface area contributed by atoms with E-state index in [9.17, 15) is 9.59 Å². The number of aromatic nitrogens is 3. The molecule has 0 saturated heterocycles. The lowest BCUT2D eigenvalue weighted by Crippen LogP contribution is -2.31. The molecule has 0 atom stereocenters. The number of anilines is 1. The molecule has 7 heteroatoms. The minimum absolute atomic E-state index is 0.0231. The van der Waals surface area contributed by atoms with Crippen molar-refractivity contribution in [3.63, 3.8) is 0 Å². The molecule has 0 saturated carbocycles. The Morgan fingerprint density at radius 1 is 1.16 bits per heavy atom. The highest BCUT2D eigenvalue weighted by Crippen LogP contribution is 2.22. The minimum Gasteiger partial charge on any atom is -0.372 e.